The van der Waals surface area contributed by atoms with E-state index in [0.717, 1.165) is 25.3 Å². The molecule has 1 amide bonds. The number of ether oxygens (including phenoxy) is 2. The molecule has 0 unspecified atom stereocenters. The average molecular weight is 455 g/mol. The number of halogens is 1. The van der Waals surface area contributed by atoms with Crippen molar-refractivity contribution in [2.75, 3.05) is 13.7 Å². The van der Waals surface area contributed by atoms with E-state index in [1.54, 1.807) is 19.1 Å². The van der Waals surface area contributed by atoms with Gasteiger partial charge in [-0.1, -0.05) is 12.1 Å². The van der Waals surface area contributed by atoms with Crippen LogP contribution in [-0.2, 0) is 9.53 Å². The van der Waals surface area contributed by atoms with E-state index in [1.807, 2.05) is 0 Å². The van der Waals surface area contributed by atoms with Crippen LogP contribution in [0.1, 0.15) is 46.9 Å². The molecule has 0 spiro atoms. The van der Waals surface area contributed by atoms with Gasteiger partial charge in [0.05, 0.1) is 30.8 Å². The highest BCUT2D eigenvalue weighted by Gasteiger charge is 2.51. The van der Waals surface area contributed by atoms with Gasteiger partial charge < -0.3 is 19.9 Å². The molecule has 2 aromatic carbocycles. The van der Waals surface area contributed by atoms with Gasteiger partial charge in [0.1, 0.15) is 11.6 Å². The summed E-state index contributed by atoms with van der Waals surface area (Å²) in [6.45, 7) is 1.96. The summed E-state index contributed by atoms with van der Waals surface area (Å²) >= 11 is 0. The Kier molecular flexibility index (Phi) is 6.35. The summed E-state index contributed by atoms with van der Waals surface area (Å²) in [7, 11) is 1.34. The standard InChI is InChI=1S/C25H26FNO6/c1-3-33-25(31)14-6-4-13(5-7-14)17-11-18(20(32-2)12-19(17)26)23(28)27-22-16-9-8-15(10-16)21(22)24(29)30/h4-7,11-12,15-16,21-22H,3,8-10H2,1-2H3,(H,27,28)(H,29,30)/t15-,16+,21+,22-/m1/s1. The number of methoxy groups -OCH3 is 1. The second-order valence-corrected chi connectivity index (χ2v) is 8.53. The number of carboxylic acid groups (broad SMARTS) is 1. The Bertz CT molecular complexity index is 1080. The maximum Gasteiger partial charge on any atom is 0.338 e. The zero-order valence-corrected chi connectivity index (χ0v) is 18.5. The topological polar surface area (TPSA) is 102 Å². The molecule has 4 atom stereocenters. The molecule has 2 bridgehead atoms. The normalized spacial score (nSPS) is 23.2. The number of hydrogen-bond donors (Lipinski definition) is 2. The van der Waals surface area contributed by atoms with E-state index in [-0.39, 0.29) is 35.3 Å². The van der Waals surface area contributed by atoms with E-state index in [9.17, 15) is 23.9 Å². The molecule has 2 fully saturated rings. The number of carbonyl (C=O) groups excluding carboxylic acids is 2. The predicted octanol–water partition coefficient (Wildman–Crippen LogP) is 3.91. The molecular formula is C25H26FNO6. The number of benzene rings is 2. The molecule has 0 heterocycles. The number of hydrogen-bond acceptors (Lipinski definition) is 5. The summed E-state index contributed by atoms with van der Waals surface area (Å²) in [4.78, 5) is 36.8. The number of carbonyl (C=O) groups is 3. The number of aliphatic carboxylic acids is 1. The Morgan fingerprint density at radius 3 is 2.45 bits per heavy atom. The largest absolute Gasteiger partial charge is 0.496 e. The molecule has 0 radical (unpaired) electrons. The molecule has 8 heteroatoms. The van der Waals surface area contributed by atoms with Crippen LogP contribution in [0.4, 0.5) is 4.39 Å². The molecule has 33 heavy (non-hydrogen) atoms. The third-order valence-electron chi connectivity index (χ3n) is 6.74. The highest BCUT2D eigenvalue weighted by Crippen LogP contribution is 2.48. The van der Waals surface area contributed by atoms with E-state index < -0.39 is 35.6 Å². The van der Waals surface area contributed by atoms with Crippen LogP contribution in [-0.4, -0.2) is 42.7 Å². The van der Waals surface area contributed by atoms with Gasteiger partial charge in [-0.05, 0) is 61.8 Å². The average Bonchev–Trinajstić information content (AvgIpc) is 3.41. The number of amides is 1. The minimum Gasteiger partial charge on any atom is -0.496 e. The fraction of sp³-hybridized carbons (Fsp3) is 0.400. The van der Waals surface area contributed by atoms with E-state index in [2.05, 4.69) is 5.32 Å². The number of carboxylic acids is 1. The van der Waals surface area contributed by atoms with Gasteiger partial charge in [-0.15, -0.1) is 0 Å². The van der Waals surface area contributed by atoms with Gasteiger partial charge in [-0.2, -0.15) is 0 Å². The van der Waals surface area contributed by atoms with Crippen molar-refractivity contribution in [3.8, 4) is 16.9 Å². The number of fused-ring (bicyclic) bond motifs is 2. The molecule has 2 aliphatic carbocycles. The molecule has 7 nitrogen and oxygen atoms in total. The maximum absolute atomic E-state index is 14.9. The molecule has 2 saturated carbocycles. The number of esters is 1. The molecule has 2 aliphatic rings. The highest BCUT2D eigenvalue weighted by atomic mass is 19.1. The Labute approximate surface area is 190 Å². The van der Waals surface area contributed by atoms with Gasteiger partial charge in [0.2, 0.25) is 0 Å². The van der Waals surface area contributed by atoms with Gasteiger partial charge in [0.15, 0.2) is 0 Å². The van der Waals surface area contributed by atoms with Crippen LogP contribution >= 0.6 is 0 Å². The van der Waals surface area contributed by atoms with E-state index in [0.29, 0.717) is 11.1 Å². The smallest absolute Gasteiger partial charge is 0.338 e. The molecule has 2 N–H and O–H groups in total. The summed E-state index contributed by atoms with van der Waals surface area (Å²) in [5.41, 5.74) is 1.10. The minimum absolute atomic E-state index is 0.0620. The van der Waals surface area contributed by atoms with Crippen LogP contribution in [0.15, 0.2) is 36.4 Å². The molecule has 4 rings (SSSR count). The third kappa shape index (κ3) is 4.29. The van der Waals surface area contributed by atoms with Crippen LogP contribution in [0.3, 0.4) is 0 Å². The van der Waals surface area contributed by atoms with Gasteiger partial charge in [0.25, 0.3) is 5.91 Å². The highest BCUT2D eigenvalue weighted by molar-refractivity contribution is 5.99. The molecule has 0 saturated heterocycles. The van der Waals surface area contributed by atoms with E-state index >= 15 is 0 Å². The van der Waals surface area contributed by atoms with Gasteiger partial charge in [-0.3, -0.25) is 9.59 Å². The minimum atomic E-state index is -0.902. The monoisotopic (exact) mass is 455 g/mol. The summed E-state index contributed by atoms with van der Waals surface area (Å²) in [5, 5.41) is 12.5. The lowest BCUT2D eigenvalue weighted by Crippen LogP contribution is -2.46. The first-order chi connectivity index (χ1) is 15.8. The van der Waals surface area contributed by atoms with Crippen molar-refractivity contribution in [3.05, 3.63) is 53.3 Å². The predicted molar refractivity (Wildman–Crippen MR) is 118 cm³/mol. The Morgan fingerprint density at radius 2 is 1.82 bits per heavy atom. The van der Waals surface area contributed by atoms with E-state index in [1.165, 1.54) is 25.3 Å². The second-order valence-electron chi connectivity index (χ2n) is 8.53. The zero-order valence-electron chi connectivity index (χ0n) is 18.5. The van der Waals surface area contributed by atoms with Crippen molar-refractivity contribution in [1.29, 1.82) is 0 Å². The van der Waals surface area contributed by atoms with Crippen LogP contribution in [0, 0.1) is 23.6 Å². The Morgan fingerprint density at radius 1 is 1.12 bits per heavy atom. The van der Waals surface area contributed by atoms with Crippen LogP contribution < -0.4 is 10.1 Å². The summed E-state index contributed by atoms with van der Waals surface area (Å²) in [6.07, 6.45) is 2.54. The van der Waals surface area contributed by atoms with Gasteiger partial charge in [0, 0.05) is 17.7 Å². The number of nitrogens with one attached hydrogen (secondary N) is 1. The first-order valence-corrected chi connectivity index (χ1v) is 11.0. The van der Waals surface area contributed by atoms with Crippen molar-refractivity contribution in [2.24, 2.45) is 17.8 Å². The molecular weight excluding hydrogens is 429 g/mol. The lowest BCUT2D eigenvalue weighted by Gasteiger charge is -2.29. The van der Waals surface area contributed by atoms with Crippen molar-refractivity contribution >= 4 is 17.8 Å². The molecule has 0 aliphatic heterocycles. The van der Waals surface area contributed by atoms with Crippen molar-refractivity contribution in [1.82, 2.24) is 5.32 Å². The SMILES string of the molecule is CCOC(=O)c1ccc(-c2cc(C(=O)N[C@@H]3[C@H]4CC[C@H](C4)[C@@H]3C(=O)O)c(OC)cc2F)cc1. The molecule has 0 aromatic heterocycles. The quantitative estimate of drug-likeness (QED) is 0.614. The fourth-order valence-corrected chi connectivity index (χ4v) is 5.21. The van der Waals surface area contributed by atoms with Crippen molar-refractivity contribution in [2.45, 2.75) is 32.2 Å². The first-order valence-electron chi connectivity index (χ1n) is 11.0. The third-order valence-corrected chi connectivity index (χ3v) is 6.74. The zero-order chi connectivity index (χ0) is 23.7. The Balaban J connectivity index is 1.62. The van der Waals surface area contributed by atoms with Crippen molar-refractivity contribution in [3.63, 3.8) is 0 Å². The molecule has 174 valence electrons. The lowest BCUT2D eigenvalue weighted by molar-refractivity contribution is -0.144. The van der Waals surface area contributed by atoms with Crippen LogP contribution in [0.5, 0.6) is 5.75 Å². The second kappa shape index (κ2) is 9.21. The van der Waals surface area contributed by atoms with E-state index in [4.69, 9.17) is 9.47 Å². The fourth-order valence-electron chi connectivity index (χ4n) is 5.21. The summed E-state index contributed by atoms with van der Waals surface area (Å²) in [5.74, 6) is -2.82. The van der Waals surface area contributed by atoms with Crippen LogP contribution in [0.25, 0.3) is 11.1 Å². The number of rotatable bonds is 7. The van der Waals surface area contributed by atoms with Crippen molar-refractivity contribution < 1.29 is 33.4 Å². The maximum atomic E-state index is 14.9. The van der Waals surface area contributed by atoms with Gasteiger partial charge in [-0.25, -0.2) is 9.18 Å². The summed E-state index contributed by atoms with van der Waals surface area (Å²) < 4.78 is 25.1. The molecule has 2 aromatic rings. The first kappa shape index (κ1) is 22.8. The Hall–Kier alpha value is -3.42. The lowest BCUT2D eigenvalue weighted by atomic mass is 9.84. The van der Waals surface area contributed by atoms with Crippen LogP contribution in [0.2, 0.25) is 0 Å². The van der Waals surface area contributed by atoms with Gasteiger partial charge >= 0.3 is 11.9 Å². The summed E-state index contributed by atoms with van der Waals surface area (Å²) in [6, 6.07) is 8.29.